The molecule has 0 unspecified atom stereocenters. The Balaban J connectivity index is 1.42. The summed E-state index contributed by atoms with van der Waals surface area (Å²) in [5.41, 5.74) is 2.78. The van der Waals surface area contributed by atoms with Gasteiger partial charge >= 0.3 is 0 Å². The zero-order chi connectivity index (χ0) is 18.6. The van der Waals surface area contributed by atoms with Crippen LogP contribution in [0.15, 0.2) is 60.8 Å². The third-order valence-corrected chi connectivity index (χ3v) is 5.63. The Morgan fingerprint density at radius 1 is 1.04 bits per heavy atom. The van der Waals surface area contributed by atoms with Crippen molar-refractivity contribution < 1.29 is 0 Å². The predicted octanol–water partition coefficient (Wildman–Crippen LogP) is 5.43. The van der Waals surface area contributed by atoms with E-state index in [0.717, 1.165) is 38.3 Å². The van der Waals surface area contributed by atoms with Crippen LogP contribution in [0, 0.1) is 0 Å². The number of hydrogen-bond donors (Lipinski definition) is 1. The van der Waals surface area contributed by atoms with Crippen LogP contribution in [0.4, 0.5) is 5.82 Å². The summed E-state index contributed by atoms with van der Waals surface area (Å²) >= 11 is 0. The molecule has 3 aromatic rings. The second-order valence-corrected chi connectivity index (χ2v) is 7.98. The van der Waals surface area contributed by atoms with Crippen molar-refractivity contribution in [2.45, 2.75) is 45.2 Å². The van der Waals surface area contributed by atoms with Crippen LogP contribution in [0.1, 0.15) is 43.7 Å². The molecule has 27 heavy (non-hydrogen) atoms. The number of nitrogens with zero attached hydrogens (tertiary/aromatic N) is 2. The molecule has 0 radical (unpaired) electrons. The molecule has 2 heterocycles. The molecule has 4 rings (SSSR count). The molecule has 1 aliphatic rings. The third kappa shape index (κ3) is 4.30. The molecule has 1 aliphatic heterocycles. The molecular formula is C24H29N3. The minimum absolute atomic E-state index is 0.498. The second-order valence-electron chi connectivity index (χ2n) is 7.98. The minimum Gasteiger partial charge on any atom is -0.367 e. The molecule has 0 bridgehead atoms. The van der Waals surface area contributed by atoms with E-state index in [2.05, 4.69) is 83.6 Å². The average molecular weight is 360 g/mol. The van der Waals surface area contributed by atoms with E-state index in [4.69, 9.17) is 0 Å². The molecule has 0 amide bonds. The first-order valence-electron chi connectivity index (χ1n) is 10.1. The van der Waals surface area contributed by atoms with E-state index >= 15 is 0 Å². The molecule has 0 spiro atoms. The van der Waals surface area contributed by atoms with Crippen molar-refractivity contribution in [1.82, 2.24) is 9.88 Å². The Morgan fingerprint density at radius 2 is 1.81 bits per heavy atom. The summed E-state index contributed by atoms with van der Waals surface area (Å²) in [5, 5.41) is 6.24. The maximum absolute atomic E-state index is 4.66. The van der Waals surface area contributed by atoms with Crippen molar-refractivity contribution in [2.24, 2.45) is 0 Å². The van der Waals surface area contributed by atoms with Crippen molar-refractivity contribution in [3.05, 3.63) is 71.9 Å². The van der Waals surface area contributed by atoms with E-state index in [1.165, 1.54) is 21.9 Å². The largest absolute Gasteiger partial charge is 0.367 e. The lowest BCUT2D eigenvalue weighted by Gasteiger charge is -2.32. The topological polar surface area (TPSA) is 28.2 Å². The summed E-state index contributed by atoms with van der Waals surface area (Å²) in [6, 6.07) is 20.1. The van der Waals surface area contributed by atoms with Gasteiger partial charge in [-0.15, -0.1) is 0 Å². The van der Waals surface area contributed by atoms with Gasteiger partial charge in [0, 0.05) is 37.3 Å². The summed E-state index contributed by atoms with van der Waals surface area (Å²) in [6.45, 7) is 7.81. The molecule has 140 valence electrons. The van der Waals surface area contributed by atoms with Gasteiger partial charge in [0.15, 0.2) is 0 Å². The summed E-state index contributed by atoms with van der Waals surface area (Å²) in [5.74, 6) is 1.57. The van der Waals surface area contributed by atoms with E-state index in [1.54, 1.807) is 0 Å². The first-order chi connectivity index (χ1) is 13.2. The van der Waals surface area contributed by atoms with Crippen LogP contribution in [0.3, 0.4) is 0 Å². The van der Waals surface area contributed by atoms with Crippen LogP contribution in [-0.4, -0.2) is 29.0 Å². The molecule has 3 heteroatoms. The molecule has 2 aromatic carbocycles. The fourth-order valence-electron chi connectivity index (χ4n) is 3.93. The Bertz CT molecular complexity index is 881. The highest BCUT2D eigenvalue weighted by Crippen LogP contribution is 2.27. The Morgan fingerprint density at radius 3 is 2.56 bits per heavy atom. The van der Waals surface area contributed by atoms with Crippen molar-refractivity contribution in [3.63, 3.8) is 0 Å². The van der Waals surface area contributed by atoms with Gasteiger partial charge in [-0.3, -0.25) is 4.90 Å². The number of aromatic nitrogens is 1. The summed E-state index contributed by atoms with van der Waals surface area (Å²) < 4.78 is 0. The fraction of sp³-hybridized carbons (Fsp3) is 0.375. The van der Waals surface area contributed by atoms with Gasteiger partial charge in [-0.2, -0.15) is 0 Å². The maximum atomic E-state index is 4.66. The molecule has 3 nitrogen and oxygen atoms in total. The van der Waals surface area contributed by atoms with Gasteiger partial charge in [0.25, 0.3) is 0 Å². The van der Waals surface area contributed by atoms with E-state index in [1.807, 2.05) is 6.20 Å². The summed E-state index contributed by atoms with van der Waals surface area (Å²) in [4.78, 5) is 7.22. The number of nitrogens with one attached hydrogen (secondary N) is 1. The van der Waals surface area contributed by atoms with Crippen LogP contribution in [0.2, 0.25) is 0 Å². The normalized spacial score (nSPS) is 16.1. The van der Waals surface area contributed by atoms with Gasteiger partial charge in [0.05, 0.1) is 0 Å². The van der Waals surface area contributed by atoms with Crippen LogP contribution in [0.5, 0.6) is 0 Å². The van der Waals surface area contributed by atoms with Crippen LogP contribution in [-0.2, 0) is 6.54 Å². The lowest BCUT2D eigenvalue weighted by atomic mass is 9.99. The van der Waals surface area contributed by atoms with E-state index in [-0.39, 0.29) is 0 Å². The van der Waals surface area contributed by atoms with Gasteiger partial charge in [-0.1, -0.05) is 56.3 Å². The van der Waals surface area contributed by atoms with Gasteiger partial charge in [0.2, 0.25) is 0 Å². The first-order valence-corrected chi connectivity index (χ1v) is 10.1. The molecule has 0 saturated carbocycles. The standard InChI is InChI=1S/C24H29N3/c1-18(2)21-9-8-20-10-13-25-24(23(20)16-21)26-22-11-14-27(15-12-22)17-19-6-4-3-5-7-19/h3-10,13,16,18,22H,11-12,14-15,17H2,1-2H3,(H,25,26). The van der Waals surface area contributed by atoms with Crippen molar-refractivity contribution >= 4 is 16.6 Å². The zero-order valence-corrected chi connectivity index (χ0v) is 16.4. The van der Waals surface area contributed by atoms with Gasteiger partial charge in [-0.05, 0) is 47.4 Å². The number of anilines is 1. The number of piperidine rings is 1. The lowest BCUT2D eigenvalue weighted by Crippen LogP contribution is -2.38. The highest BCUT2D eigenvalue weighted by molar-refractivity contribution is 5.92. The second kappa shape index (κ2) is 8.10. The number of rotatable bonds is 5. The van der Waals surface area contributed by atoms with E-state index in [0.29, 0.717) is 12.0 Å². The molecular weight excluding hydrogens is 330 g/mol. The number of benzene rings is 2. The highest BCUT2D eigenvalue weighted by atomic mass is 15.1. The number of pyridine rings is 1. The number of hydrogen-bond acceptors (Lipinski definition) is 3. The summed E-state index contributed by atoms with van der Waals surface area (Å²) in [7, 11) is 0. The molecule has 1 fully saturated rings. The Hall–Kier alpha value is -2.39. The molecule has 0 atom stereocenters. The maximum Gasteiger partial charge on any atom is 0.134 e. The first kappa shape index (κ1) is 18.0. The fourth-order valence-corrected chi connectivity index (χ4v) is 3.93. The van der Waals surface area contributed by atoms with Gasteiger partial charge in [0.1, 0.15) is 5.82 Å². The number of fused-ring (bicyclic) bond motifs is 1. The molecule has 0 aliphatic carbocycles. The van der Waals surface area contributed by atoms with Crippen LogP contribution in [0.25, 0.3) is 10.8 Å². The SMILES string of the molecule is CC(C)c1ccc2ccnc(NC3CCN(Cc4ccccc4)CC3)c2c1. The lowest BCUT2D eigenvalue weighted by molar-refractivity contribution is 0.211. The molecule has 1 aromatic heterocycles. The van der Waals surface area contributed by atoms with E-state index in [9.17, 15) is 0 Å². The van der Waals surface area contributed by atoms with Crippen LogP contribution < -0.4 is 5.32 Å². The Kier molecular flexibility index (Phi) is 5.40. The average Bonchev–Trinajstić information content (AvgIpc) is 2.70. The van der Waals surface area contributed by atoms with Crippen molar-refractivity contribution in [3.8, 4) is 0 Å². The number of likely N-dealkylation sites (tertiary alicyclic amines) is 1. The predicted molar refractivity (Wildman–Crippen MR) is 114 cm³/mol. The monoisotopic (exact) mass is 359 g/mol. The van der Waals surface area contributed by atoms with Crippen molar-refractivity contribution in [2.75, 3.05) is 18.4 Å². The van der Waals surface area contributed by atoms with E-state index < -0.39 is 0 Å². The van der Waals surface area contributed by atoms with Crippen LogP contribution >= 0.6 is 0 Å². The molecule has 1 saturated heterocycles. The highest BCUT2D eigenvalue weighted by Gasteiger charge is 2.20. The third-order valence-electron chi connectivity index (χ3n) is 5.63. The zero-order valence-electron chi connectivity index (χ0n) is 16.4. The molecule has 1 N–H and O–H groups in total. The van der Waals surface area contributed by atoms with Gasteiger partial charge in [-0.25, -0.2) is 4.98 Å². The quantitative estimate of drug-likeness (QED) is 0.658. The van der Waals surface area contributed by atoms with Gasteiger partial charge < -0.3 is 5.32 Å². The Labute approximate surface area is 162 Å². The minimum atomic E-state index is 0.498. The smallest absolute Gasteiger partial charge is 0.134 e. The van der Waals surface area contributed by atoms with Crippen molar-refractivity contribution in [1.29, 1.82) is 0 Å². The summed E-state index contributed by atoms with van der Waals surface area (Å²) in [6.07, 6.45) is 4.24.